The van der Waals surface area contributed by atoms with E-state index < -0.39 is 23.0 Å². The van der Waals surface area contributed by atoms with Gasteiger partial charge >= 0.3 is 0 Å². The van der Waals surface area contributed by atoms with Crippen LogP contribution in [0.2, 0.25) is 0 Å². The summed E-state index contributed by atoms with van der Waals surface area (Å²) in [5, 5.41) is 0. The predicted octanol–water partition coefficient (Wildman–Crippen LogP) is 1.17. The molecule has 0 heterocycles. The van der Waals surface area contributed by atoms with Crippen LogP contribution in [0.4, 0.5) is 14.5 Å². The molecule has 0 spiro atoms. The van der Waals surface area contributed by atoms with E-state index in [4.69, 9.17) is 10.5 Å². The Labute approximate surface area is 111 Å². The van der Waals surface area contributed by atoms with Crippen LogP contribution < -0.4 is 10.5 Å². The fourth-order valence-corrected chi connectivity index (χ4v) is 2.24. The Balaban J connectivity index is 2.45. The summed E-state index contributed by atoms with van der Waals surface area (Å²) in [4.78, 5) is 0. The number of anilines is 1. The third-order valence-electron chi connectivity index (χ3n) is 2.36. The summed E-state index contributed by atoms with van der Waals surface area (Å²) in [6, 6.07) is 6.44. The summed E-state index contributed by atoms with van der Waals surface area (Å²) in [6.07, 6.45) is -2.70. The van der Waals surface area contributed by atoms with Gasteiger partial charge in [0.15, 0.2) is 0 Å². The van der Waals surface area contributed by atoms with E-state index in [1.54, 1.807) is 24.3 Å². The molecule has 0 fully saturated rings. The molecule has 0 bridgehead atoms. The zero-order valence-corrected chi connectivity index (χ0v) is 11.2. The molecule has 0 saturated carbocycles. The molecule has 0 saturated heterocycles. The Morgan fingerprint density at radius 3 is 2.42 bits per heavy atom. The van der Waals surface area contributed by atoms with Gasteiger partial charge in [0.05, 0.1) is 12.3 Å². The lowest BCUT2D eigenvalue weighted by Crippen LogP contribution is -2.34. The molecule has 0 aliphatic carbocycles. The Kier molecular flexibility index (Phi) is 5.49. The minimum absolute atomic E-state index is 0.111. The highest BCUT2D eigenvalue weighted by Gasteiger charge is 2.21. The monoisotopic (exact) mass is 294 g/mol. The lowest BCUT2D eigenvalue weighted by Gasteiger charge is -2.16. The highest BCUT2D eigenvalue weighted by molar-refractivity contribution is 7.89. The van der Waals surface area contributed by atoms with Crippen molar-refractivity contribution in [2.75, 3.05) is 31.7 Å². The Morgan fingerprint density at radius 2 is 1.89 bits per heavy atom. The molecule has 0 aromatic heterocycles. The summed E-state index contributed by atoms with van der Waals surface area (Å²) in [6.45, 7) is -0.927. The van der Waals surface area contributed by atoms with Crippen LogP contribution in [0.3, 0.4) is 0 Å². The van der Waals surface area contributed by atoms with E-state index in [0.717, 1.165) is 7.05 Å². The van der Waals surface area contributed by atoms with Crippen molar-refractivity contribution in [3.05, 3.63) is 24.3 Å². The van der Waals surface area contributed by atoms with Crippen molar-refractivity contribution in [2.45, 2.75) is 6.43 Å². The lowest BCUT2D eigenvalue weighted by molar-refractivity contribution is 0.126. The first-order valence-electron chi connectivity index (χ1n) is 5.52. The first-order chi connectivity index (χ1) is 8.81. The van der Waals surface area contributed by atoms with E-state index in [1.165, 1.54) is 0 Å². The maximum atomic E-state index is 12.1. The number of rotatable bonds is 7. The number of hydrogen-bond acceptors (Lipinski definition) is 4. The number of nitrogens with two attached hydrogens (primary N) is 1. The summed E-state index contributed by atoms with van der Waals surface area (Å²) in [5.74, 6) is 0.113. The summed E-state index contributed by atoms with van der Waals surface area (Å²) < 4.78 is 53.2. The van der Waals surface area contributed by atoms with Gasteiger partial charge in [-0.2, -0.15) is 4.31 Å². The van der Waals surface area contributed by atoms with Crippen LogP contribution in [0.1, 0.15) is 0 Å². The fourth-order valence-electron chi connectivity index (χ4n) is 1.29. The molecule has 5 nitrogen and oxygen atoms in total. The van der Waals surface area contributed by atoms with Crippen LogP contribution in [0.5, 0.6) is 5.75 Å². The zero-order chi connectivity index (χ0) is 14.5. The third-order valence-corrected chi connectivity index (χ3v) is 4.14. The molecule has 1 aromatic rings. The van der Waals surface area contributed by atoms with Crippen molar-refractivity contribution >= 4 is 15.7 Å². The first-order valence-corrected chi connectivity index (χ1v) is 7.12. The van der Waals surface area contributed by atoms with Gasteiger partial charge in [-0.25, -0.2) is 17.2 Å². The molecule has 108 valence electrons. The molecule has 1 rings (SSSR count). The van der Waals surface area contributed by atoms with E-state index in [0.29, 0.717) is 15.7 Å². The SMILES string of the molecule is CN(CC(F)F)S(=O)(=O)CCOc1ccc(N)cc1. The van der Waals surface area contributed by atoms with Crippen molar-refractivity contribution < 1.29 is 21.9 Å². The minimum Gasteiger partial charge on any atom is -0.492 e. The molecular formula is C11H16F2N2O3S. The molecule has 0 aliphatic rings. The second-order valence-corrected chi connectivity index (χ2v) is 6.10. The fraction of sp³-hybridized carbons (Fsp3) is 0.455. The average Bonchev–Trinajstić information content (AvgIpc) is 2.30. The van der Waals surface area contributed by atoms with Crippen molar-refractivity contribution in [2.24, 2.45) is 0 Å². The second-order valence-electron chi connectivity index (χ2n) is 3.91. The number of sulfonamides is 1. The maximum Gasteiger partial charge on any atom is 0.252 e. The van der Waals surface area contributed by atoms with E-state index in [2.05, 4.69) is 0 Å². The topological polar surface area (TPSA) is 72.6 Å². The second kappa shape index (κ2) is 6.67. The highest BCUT2D eigenvalue weighted by Crippen LogP contribution is 2.13. The van der Waals surface area contributed by atoms with Gasteiger partial charge < -0.3 is 10.5 Å². The van der Waals surface area contributed by atoms with Crippen molar-refractivity contribution in [1.82, 2.24) is 4.31 Å². The largest absolute Gasteiger partial charge is 0.492 e. The number of benzene rings is 1. The quantitative estimate of drug-likeness (QED) is 0.766. The van der Waals surface area contributed by atoms with Crippen LogP contribution in [0.25, 0.3) is 0 Å². The number of hydrogen-bond donors (Lipinski definition) is 1. The minimum atomic E-state index is -3.73. The third kappa shape index (κ3) is 5.39. The number of nitrogens with zero attached hydrogens (tertiary/aromatic N) is 1. The number of alkyl halides is 2. The van der Waals surface area contributed by atoms with E-state index in [1.807, 2.05) is 0 Å². The lowest BCUT2D eigenvalue weighted by atomic mass is 10.3. The van der Waals surface area contributed by atoms with Crippen LogP contribution in [0, 0.1) is 0 Å². The molecular weight excluding hydrogens is 278 g/mol. The van der Waals surface area contributed by atoms with E-state index in [9.17, 15) is 17.2 Å². The smallest absolute Gasteiger partial charge is 0.252 e. The van der Waals surface area contributed by atoms with E-state index >= 15 is 0 Å². The summed E-state index contributed by atoms with van der Waals surface area (Å²) in [5.41, 5.74) is 6.05. The molecule has 19 heavy (non-hydrogen) atoms. The number of nitrogen functional groups attached to an aromatic ring is 1. The summed E-state index contributed by atoms with van der Waals surface area (Å²) >= 11 is 0. The Morgan fingerprint density at radius 1 is 1.32 bits per heavy atom. The molecule has 0 amide bonds. The van der Waals surface area contributed by atoms with Gasteiger partial charge in [-0.1, -0.05) is 0 Å². The van der Waals surface area contributed by atoms with Gasteiger partial charge in [-0.15, -0.1) is 0 Å². The normalized spacial score (nSPS) is 12.1. The highest BCUT2D eigenvalue weighted by atomic mass is 32.2. The molecule has 0 radical (unpaired) electrons. The standard InChI is InChI=1S/C11H16F2N2O3S/c1-15(8-11(12)13)19(16,17)7-6-18-10-4-2-9(14)3-5-10/h2-5,11H,6-8,14H2,1H3. The maximum absolute atomic E-state index is 12.1. The number of halogens is 2. The van der Waals surface area contributed by atoms with Gasteiger partial charge in [0, 0.05) is 12.7 Å². The van der Waals surface area contributed by atoms with Gasteiger partial charge in [-0.3, -0.25) is 0 Å². The van der Waals surface area contributed by atoms with Crippen LogP contribution in [-0.4, -0.2) is 45.1 Å². The first kappa shape index (κ1) is 15.6. The molecule has 1 aromatic carbocycles. The van der Waals surface area contributed by atoms with Gasteiger partial charge in [-0.05, 0) is 24.3 Å². The number of ether oxygens (including phenoxy) is 1. The summed E-state index contributed by atoms with van der Waals surface area (Å²) in [7, 11) is -2.61. The molecule has 2 N–H and O–H groups in total. The van der Waals surface area contributed by atoms with Crippen LogP contribution in [-0.2, 0) is 10.0 Å². The predicted molar refractivity (Wildman–Crippen MR) is 68.8 cm³/mol. The van der Waals surface area contributed by atoms with Gasteiger partial charge in [0.2, 0.25) is 10.0 Å². The van der Waals surface area contributed by atoms with E-state index in [-0.39, 0.29) is 12.4 Å². The van der Waals surface area contributed by atoms with Crippen molar-refractivity contribution in [1.29, 1.82) is 0 Å². The van der Waals surface area contributed by atoms with Crippen molar-refractivity contribution in [3.63, 3.8) is 0 Å². The molecule has 0 aliphatic heterocycles. The molecule has 0 unspecified atom stereocenters. The Hall–Kier alpha value is -1.41. The average molecular weight is 294 g/mol. The van der Waals surface area contributed by atoms with Crippen molar-refractivity contribution in [3.8, 4) is 5.75 Å². The van der Waals surface area contributed by atoms with Gasteiger partial charge in [0.25, 0.3) is 6.43 Å². The molecule has 8 heteroatoms. The Bertz CT molecular complexity index is 491. The molecule has 0 atom stereocenters. The van der Waals surface area contributed by atoms with Crippen LogP contribution >= 0.6 is 0 Å². The zero-order valence-electron chi connectivity index (χ0n) is 10.4. The van der Waals surface area contributed by atoms with Gasteiger partial charge in [0.1, 0.15) is 12.4 Å². The van der Waals surface area contributed by atoms with Crippen LogP contribution in [0.15, 0.2) is 24.3 Å².